The van der Waals surface area contributed by atoms with Crippen molar-refractivity contribution in [1.82, 2.24) is 5.32 Å². The van der Waals surface area contributed by atoms with E-state index >= 15 is 0 Å². The van der Waals surface area contributed by atoms with Crippen molar-refractivity contribution in [2.24, 2.45) is 5.92 Å². The van der Waals surface area contributed by atoms with Gasteiger partial charge < -0.3 is 15.2 Å². The van der Waals surface area contributed by atoms with Gasteiger partial charge in [-0.1, -0.05) is 0 Å². The lowest BCUT2D eigenvalue weighted by atomic mass is 9.86. The van der Waals surface area contributed by atoms with Gasteiger partial charge >= 0.3 is 5.97 Å². The monoisotopic (exact) mass is 295 g/mol. The number of halogens is 2. The topological polar surface area (TPSA) is 75.6 Å². The van der Waals surface area contributed by atoms with Crippen LogP contribution in [0.4, 0.5) is 0 Å². The summed E-state index contributed by atoms with van der Waals surface area (Å²) in [5.41, 5.74) is -0.729. The minimum absolute atomic E-state index is 0.105. The molecule has 0 radical (unpaired) electrons. The predicted octanol–water partition coefficient (Wildman–Crippen LogP) is 1.32. The molecule has 2 rings (SSSR count). The fourth-order valence-electron chi connectivity index (χ4n) is 2.24. The maximum atomic E-state index is 12.0. The number of aliphatic carboxylic acids is 1. The van der Waals surface area contributed by atoms with Crippen molar-refractivity contribution >= 4 is 35.1 Å². The average Bonchev–Trinajstić information content (AvgIpc) is 2.88. The van der Waals surface area contributed by atoms with Gasteiger partial charge in [-0.05, 0) is 19.3 Å². The normalized spacial score (nSPS) is 28.4. The quantitative estimate of drug-likeness (QED) is 0.767. The molecular formula is C11H15Cl2NO4. The van der Waals surface area contributed by atoms with E-state index in [1.54, 1.807) is 0 Å². The molecule has 5 nitrogen and oxygen atoms in total. The summed E-state index contributed by atoms with van der Waals surface area (Å²) in [6.45, 7) is 0.899. The first-order chi connectivity index (χ1) is 8.35. The fourth-order valence-corrected chi connectivity index (χ4v) is 2.75. The molecule has 0 aromatic carbocycles. The van der Waals surface area contributed by atoms with Gasteiger partial charge in [-0.25, -0.2) is 0 Å². The van der Waals surface area contributed by atoms with Crippen molar-refractivity contribution in [3.8, 4) is 0 Å². The van der Waals surface area contributed by atoms with Crippen molar-refractivity contribution in [2.45, 2.75) is 35.6 Å². The fraction of sp³-hybridized carbons (Fsp3) is 0.818. The molecule has 2 fully saturated rings. The summed E-state index contributed by atoms with van der Waals surface area (Å²) in [7, 11) is 0. The van der Waals surface area contributed by atoms with Crippen LogP contribution in [0.25, 0.3) is 0 Å². The number of amides is 1. The third kappa shape index (κ3) is 3.08. The first-order valence-electron chi connectivity index (χ1n) is 5.84. The SMILES string of the molecule is O=C(O)CC1(NC(=O)C2CC2(Cl)Cl)CCOCC1. The average molecular weight is 296 g/mol. The molecule has 1 aliphatic heterocycles. The highest BCUT2D eigenvalue weighted by molar-refractivity contribution is 6.52. The third-order valence-corrected chi connectivity index (χ3v) is 4.31. The number of rotatable bonds is 4. The molecule has 1 amide bonds. The van der Waals surface area contributed by atoms with Crippen molar-refractivity contribution in [2.75, 3.05) is 13.2 Å². The Labute approximate surface area is 115 Å². The standard InChI is InChI=1S/C11H15Cl2NO4/c12-11(13)5-7(11)9(17)14-10(6-8(15)16)1-3-18-4-2-10/h7H,1-6H2,(H,14,17)(H,15,16). The number of carboxylic acids is 1. The van der Waals surface area contributed by atoms with Crippen LogP contribution in [0.2, 0.25) is 0 Å². The highest BCUT2D eigenvalue weighted by atomic mass is 35.5. The summed E-state index contributed by atoms with van der Waals surface area (Å²) < 4.78 is 4.22. The van der Waals surface area contributed by atoms with Crippen LogP contribution in [-0.4, -0.2) is 40.1 Å². The van der Waals surface area contributed by atoms with Crippen LogP contribution in [0.5, 0.6) is 0 Å². The number of carbonyl (C=O) groups excluding carboxylic acids is 1. The Kier molecular flexibility index (Phi) is 3.76. The smallest absolute Gasteiger partial charge is 0.305 e. The largest absolute Gasteiger partial charge is 0.481 e. The number of hydrogen-bond donors (Lipinski definition) is 2. The molecule has 1 atom stereocenters. The van der Waals surface area contributed by atoms with Crippen molar-refractivity contribution in [1.29, 1.82) is 0 Å². The first-order valence-corrected chi connectivity index (χ1v) is 6.60. The molecule has 0 spiro atoms. The van der Waals surface area contributed by atoms with E-state index in [0.717, 1.165) is 0 Å². The van der Waals surface area contributed by atoms with Crippen LogP contribution >= 0.6 is 23.2 Å². The molecule has 0 bridgehead atoms. The first kappa shape index (κ1) is 13.9. The Hall–Kier alpha value is -0.520. The molecule has 1 aliphatic carbocycles. The Morgan fingerprint density at radius 1 is 1.33 bits per heavy atom. The molecule has 2 aliphatic rings. The maximum absolute atomic E-state index is 12.0. The van der Waals surface area contributed by atoms with Gasteiger partial charge in [0.2, 0.25) is 5.91 Å². The van der Waals surface area contributed by atoms with Gasteiger partial charge in [-0.15, -0.1) is 23.2 Å². The number of ether oxygens (including phenoxy) is 1. The number of carboxylic acid groups (broad SMARTS) is 1. The van der Waals surface area contributed by atoms with Gasteiger partial charge in [0.15, 0.2) is 0 Å². The van der Waals surface area contributed by atoms with E-state index in [1.165, 1.54) is 0 Å². The molecule has 1 saturated heterocycles. The summed E-state index contributed by atoms with van der Waals surface area (Å²) in [5.74, 6) is -1.63. The van der Waals surface area contributed by atoms with E-state index < -0.39 is 21.8 Å². The zero-order valence-corrected chi connectivity index (χ0v) is 11.3. The summed E-state index contributed by atoms with van der Waals surface area (Å²) in [5, 5.41) is 11.8. The molecule has 1 unspecified atom stereocenters. The predicted molar refractivity (Wildman–Crippen MR) is 65.7 cm³/mol. The minimum Gasteiger partial charge on any atom is -0.481 e. The molecule has 0 aromatic rings. The summed E-state index contributed by atoms with van der Waals surface area (Å²) in [6.07, 6.45) is 1.30. The summed E-state index contributed by atoms with van der Waals surface area (Å²) in [6, 6.07) is 0. The molecule has 0 aromatic heterocycles. The van der Waals surface area contributed by atoms with E-state index in [1.807, 2.05) is 0 Å². The van der Waals surface area contributed by atoms with Crippen LogP contribution in [0.1, 0.15) is 25.7 Å². The highest BCUT2D eigenvalue weighted by Gasteiger charge is 2.57. The number of carbonyl (C=O) groups is 2. The van der Waals surface area contributed by atoms with Crippen LogP contribution in [0.15, 0.2) is 0 Å². The number of hydrogen-bond acceptors (Lipinski definition) is 3. The lowest BCUT2D eigenvalue weighted by molar-refractivity contribution is -0.140. The highest BCUT2D eigenvalue weighted by Crippen LogP contribution is 2.53. The minimum atomic E-state index is -0.986. The van der Waals surface area contributed by atoms with E-state index in [-0.39, 0.29) is 12.3 Å². The second-order valence-corrected chi connectivity index (χ2v) is 6.51. The van der Waals surface area contributed by atoms with E-state index in [2.05, 4.69) is 5.32 Å². The second kappa shape index (κ2) is 4.87. The third-order valence-electron chi connectivity index (χ3n) is 3.47. The van der Waals surface area contributed by atoms with Crippen LogP contribution in [0.3, 0.4) is 0 Å². The van der Waals surface area contributed by atoms with E-state index in [0.29, 0.717) is 32.5 Å². The van der Waals surface area contributed by atoms with Gasteiger partial charge in [0, 0.05) is 13.2 Å². The van der Waals surface area contributed by atoms with Crippen LogP contribution in [0, 0.1) is 5.92 Å². The van der Waals surface area contributed by atoms with E-state index in [9.17, 15) is 9.59 Å². The molecule has 18 heavy (non-hydrogen) atoms. The van der Waals surface area contributed by atoms with E-state index in [4.69, 9.17) is 33.0 Å². The molecule has 102 valence electrons. The van der Waals surface area contributed by atoms with Gasteiger partial charge in [-0.2, -0.15) is 0 Å². The lowest BCUT2D eigenvalue weighted by Gasteiger charge is -2.37. The maximum Gasteiger partial charge on any atom is 0.305 e. The van der Waals surface area contributed by atoms with Gasteiger partial charge in [0.05, 0.1) is 17.9 Å². The molecule has 2 N–H and O–H groups in total. The summed E-state index contributed by atoms with van der Waals surface area (Å²) in [4.78, 5) is 22.9. The Bertz CT molecular complexity index is 366. The van der Waals surface area contributed by atoms with Gasteiger partial charge in [0.1, 0.15) is 4.33 Å². The lowest BCUT2D eigenvalue weighted by Crippen LogP contribution is -2.54. The van der Waals surface area contributed by atoms with Crippen molar-refractivity contribution < 1.29 is 19.4 Å². The molecular weight excluding hydrogens is 281 g/mol. The Morgan fingerprint density at radius 2 is 1.89 bits per heavy atom. The van der Waals surface area contributed by atoms with Crippen LogP contribution < -0.4 is 5.32 Å². The number of alkyl halides is 2. The Morgan fingerprint density at radius 3 is 2.33 bits per heavy atom. The van der Waals surface area contributed by atoms with Gasteiger partial charge in [0.25, 0.3) is 0 Å². The Balaban J connectivity index is 2.01. The van der Waals surface area contributed by atoms with Gasteiger partial charge in [-0.3, -0.25) is 9.59 Å². The molecule has 7 heteroatoms. The summed E-state index contributed by atoms with van der Waals surface area (Å²) >= 11 is 11.7. The van der Waals surface area contributed by atoms with Crippen molar-refractivity contribution in [3.05, 3.63) is 0 Å². The molecule has 1 heterocycles. The van der Waals surface area contributed by atoms with Crippen molar-refractivity contribution in [3.63, 3.8) is 0 Å². The second-order valence-electron chi connectivity index (χ2n) is 4.97. The number of nitrogens with one attached hydrogen (secondary N) is 1. The molecule has 1 saturated carbocycles. The van der Waals surface area contributed by atoms with Crippen LogP contribution in [-0.2, 0) is 14.3 Å². The zero-order chi connectivity index (χ0) is 13.4. The zero-order valence-electron chi connectivity index (χ0n) is 9.75.